The van der Waals surface area contributed by atoms with Crippen molar-refractivity contribution in [3.8, 4) is 0 Å². The lowest BCUT2D eigenvalue weighted by Crippen LogP contribution is -2.03. The molecule has 0 amide bonds. The van der Waals surface area contributed by atoms with E-state index in [9.17, 15) is 4.79 Å². The zero-order chi connectivity index (χ0) is 9.94. The third kappa shape index (κ3) is 11.6. The summed E-state index contributed by atoms with van der Waals surface area (Å²) in [4.78, 5) is 10.6. The largest absolute Gasteiger partial charge is 0.382 e. The molecule has 3 nitrogen and oxygen atoms in total. The number of carbonyl (C=O) groups excluding carboxylic acids is 1. The molecule has 3 heteroatoms. The lowest BCUT2D eigenvalue weighted by molar-refractivity contribution is -0.117. The Hall–Kier alpha value is -0.410. The molecule has 78 valence electrons. The lowest BCUT2D eigenvalue weighted by atomic mass is 10.1. The van der Waals surface area contributed by atoms with Crippen LogP contribution in [0.1, 0.15) is 32.6 Å². The highest BCUT2D eigenvalue weighted by Crippen LogP contribution is 2.00. The van der Waals surface area contributed by atoms with Crippen LogP contribution in [0.2, 0.25) is 0 Å². The molecular formula is C10H20O3. The minimum Gasteiger partial charge on any atom is -0.382 e. The van der Waals surface area contributed by atoms with Gasteiger partial charge in [0.25, 0.3) is 0 Å². The fraction of sp³-hybridized carbons (Fsp3) is 0.900. The summed E-state index contributed by atoms with van der Waals surface area (Å²) in [6, 6.07) is 0. The smallest absolute Gasteiger partial charge is 0.129 e. The van der Waals surface area contributed by atoms with Gasteiger partial charge in [-0.05, 0) is 19.8 Å². The molecule has 0 saturated carbocycles. The van der Waals surface area contributed by atoms with E-state index in [0.29, 0.717) is 19.6 Å². The predicted molar refractivity (Wildman–Crippen MR) is 51.8 cm³/mol. The van der Waals surface area contributed by atoms with Crippen LogP contribution in [0.3, 0.4) is 0 Å². The second-order valence-electron chi connectivity index (χ2n) is 3.12. The summed E-state index contributed by atoms with van der Waals surface area (Å²) < 4.78 is 10.1. The van der Waals surface area contributed by atoms with Gasteiger partial charge in [-0.25, -0.2) is 0 Å². The molecule has 0 aromatic rings. The van der Waals surface area contributed by atoms with Gasteiger partial charge in [0.1, 0.15) is 5.78 Å². The Morgan fingerprint density at radius 1 is 1.08 bits per heavy atom. The fourth-order valence-corrected chi connectivity index (χ4v) is 0.999. The maximum Gasteiger partial charge on any atom is 0.129 e. The van der Waals surface area contributed by atoms with Gasteiger partial charge >= 0.3 is 0 Å². The molecule has 0 aliphatic carbocycles. The number of hydrogen-bond donors (Lipinski definition) is 0. The molecule has 0 aromatic carbocycles. The molecule has 0 unspecified atom stereocenters. The lowest BCUT2D eigenvalue weighted by Gasteiger charge is -2.02. The molecule has 0 rings (SSSR count). The molecule has 0 aromatic heterocycles. The zero-order valence-corrected chi connectivity index (χ0v) is 8.67. The van der Waals surface area contributed by atoms with Gasteiger partial charge in [0, 0.05) is 20.1 Å². The van der Waals surface area contributed by atoms with E-state index < -0.39 is 0 Å². The van der Waals surface area contributed by atoms with E-state index in [1.165, 1.54) is 0 Å². The van der Waals surface area contributed by atoms with E-state index in [-0.39, 0.29) is 5.78 Å². The summed E-state index contributed by atoms with van der Waals surface area (Å²) in [7, 11) is 1.66. The summed E-state index contributed by atoms with van der Waals surface area (Å²) in [6.07, 6.45) is 3.81. The van der Waals surface area contributed by atoms with Gasteiger partial charge in [0.15, 0.2) is 0 Å². The van der Waals surface area contributed by atoms with Crippen LogP contribution in [0.25, 0.3) is 0 Å². The predicted octanol–water partition coefficient (Wildman–Crippen LogP) is 1.80. The topological polar surface area (TPSA) is 35.5 Å². The Kier molecular flexibility index (Phi) is 9.37. The monoisotopic (exact) mass is 188 g/mol. The first-order valence-electron chi connectivity index (χ1n) is 4.83. The van der Waals surface area contributed by atoms with E-state index in [2.05, 4.69) is 0 Å². The van der Waals surface area contributed by atoms with Gasteiger partial charge < -0.3 is 14.3 Å². The molecule has 0 bridgehead atoms. The van der Waals surface area contributed by atoms with Crippen molar-refractivity contribution in [3.05, 3.63) is 0 Å². The van der Waals surface area contributed by atoms with Crippen molar-refractivity contribution in [1.82, 2.24) is 0 Å². The van der Waals surface area contributed by atoms with Crippen LogP contribution in [0.4, 0.5) is 0 Å². The molecule has 13 heavy (non-hydrogen) atoms. The first-order chi connectivity index (χ1) is 6.27. The second kappa shape index (κ2) is 9.68. The van der Waals surface area contributed by atoms with E-state index in [1.54, 1.807) is 14.0 Å². The molecule has 0 radical (unpaired) electrons. The number of rotatable bonds is 9. The van der Waals surface area contributed by atoms with Crippen LogP contribution in [-0.2, 0) is 14.3 Å². The van der Waals surface area contributed by atoms with Crippen LogP contribution >= 0.6 is 0 Å². The summed E-state index contributed by atoms with van der Waals surface area (Å²) in [5.74, 6) is 0.278. The van der Waals surface area contributed by atoms with E-state index in [1.807, 2.05) is 0 Å². The third-order valence-electron chi connectivity index (χ3n) is 1.75. The standard InChI is InChI=1S/C10H20O3/c1-10(11)6-4-3-5-7-13-9-8-12-2/h3-9H2,1-2H3. The van der Waals surface area contributed by atoms with Gasteiger partial charge in [-0.3, -0.25) is 0 Å². The molecule has 0 aliphatic rings. The van der Waals surface area contributed by atoms with Gasteiger partial charge in [-0.15, -0.1) is 0 Å². The molecule has 0 saturated heterocycles. The van der Waals surface area contributed by atoms with E-state index in [4.69, 9.17) is 9.47 Å². The fourth-order valence-electron chi connectivity index (χ4n) is 0.999. The van der Waals surface area contributed by atoms with Crippen molar-refractivity contribution in [2.45, 2.75) is 32.6 Å². The van der Waals surface area contributed by atoms with Crippen LogP contribution in [-0.4, -0.2) is 32.7 Å². The van der Waals surface area contributed by atoms with Crippen LogP contribution in [0.15, 0.2) is 0 Å². The number of ketones is 1. The van der Waals surface area contributed by atoms with Crippen LogP contribution < -0.4 is 0 Å². The van der Waals surface area contributed by atoms with Gasteiger partial charge in [-0.2, -0.15) is 0 Å². The number of carbonyl (C=O) groups is 1. The number of unbranched alkanes of at least 4 members (excludes halogenated alkanes) is 2. The minimum atomic E-state index is 0.278. The Morgan fingerprint density at radius 2 is 1.85 bits per heavy atom. The van der Waals surface area contributed by atoms with Crippen molar-refractivity contribution in [3.63, 3.8) is 0 Å². The summed E-state index contributed by atoms with van der Waals surface area (Å²) in [6.45, 7) is 3.74. The van der Waals surface area contributed by atoms with Gasteiger partial charge in [0.2, 0.25) is 0 Å². The quantitative estimate of drug-likeness (QED) is 0.517. The van der Waals surface area contributed by atoms with Crippen molar-refractivity contribution >= 4 is 5.78 Å². The van der Waals surface area contributed by atoms with Crippen molar-refractivity contribution < 1.29 is 14.3 Å². The molecular weight excluding hydrogens is 168 g/mol. The van der Waals surface area contributed by atoms with Crippen molar-refractivity contribution in [2.24, 2.45) is 0 Å². The highest BCUT2D eigenvalue weighted by atomic mass is 16.5. The Bertz CT molecular complexity index is 123. The summed E-state index contributed by atoms with van der Waals surface area (Å²) >= 11 is 0. The molecule has 0 fully saturated rings. The average Bonchev–Trinajstić information content (AvgIpc) is 2.09. The zero-order valence-electron chi connectivity index (χ0n) is 8.67. The number of hydrogen-bond acceptors (Lipinski definition) is 3. The molecule has 0 N–H and O–H groups in total. The first-order valence-corrected chi connectivity index (χ1v) is 4.83. The summed E-state index contributed by atoms with van der Waals surface area (Å²) in [5, 5.41) is 0. The maximum absolute atomic E-state index is 10.6. The van der Waals surface area contributed by atoms with Crippen LogP contribution in [0, 0.1) is 0 Å². The number of ether oxygens (including phenoxy) is 2. The molecule has 0 aliphatic heterocycles. The second-order valence-corrected chi connectivity index (χ2v) is 3.12. The number of methoxy groups -OCH3 is 1. The highest BCUT2D eigenvalue weighted by molar-refractivity contribution is 5.75. The van der Waals surface area contributed by atoms with Crippen LogP contribution in [0.5, 0.6) is 0 Å². The Morgan fingerprint density at radius 3 is 2.46 bits per heavy atom. The third-order valence-corrected chi connectivity index (χ3v) is 1.75. The minimum absolute atomic E-state index is 0.278. The van der Waals surface area contributed by atoms with E-state index in [0.717, 1.165) is 25.9 Å². The highest BCUT2D eigenvalue weighted by Gasteiger charge is 1.93. The molecule has 0 atom stereocenters. The van der Waals surface area contributed by atoms with E-state index >= 15 is 0 Å². The first kappa shape index (κ1) is 12.6. The van der Waals surface area contributed by atoms with Gasteiger partial charge in [-0.1, -0.05) is 6.42 Å². The molecule has 0 heterocycles. The maximum atomic E-state index is 10.6. The Labute approximate surface area is 80.4 Å². The Balaban J connectivity index is 2.87. The number of Topliss-reactive ketones (excluding diaryl/α,β-unsaturated/α-hetero) is 1. The van der Waals surface area contributed by atoms with Gasteiger partial charge in [0.05, 0.1) is 13.2 Å². The van der Waals surface area contributed by atoms with Crippen molar-refractivity contribution in [1.29, 1.82) is 0 Å². The SMILES string of the molecule is COCCOCCCCCC(C)=O. The average molecular weight is 188 g/mol. The van der Waals surface area contributed by atoms with Crippen molar-refractivity contribution in [2.75, 3.05) is 26.9 Å². The summed E-state index contributed by atoms with van der Waals surface area (Å²) in [5.41, 5.74) is 0. The molecule has 0 spiro atoms. The normalized spacial score (nSPS) is 10.3.